The van der Waals surface area contributed by atoms with Crippen LogP contribution in [0.15, 0.2) is 24.3 Å². The molecule has 2 fully saturated rings. The summed E-state index contributed by atoms with van der Waals surface area (Å²) in [6.07, 6.45) is 3.94. The molecule has 2 N–H and O–H groups in total. The topological polar surface area (TPSA) is 52.6 Å². The Labute approximate surface area is 113 Å². The van der Waals surface area contributed by atoms with E-state index in [0.29, 0.717) is 18.5 Å². The lowest BCUT2D eigenvalue weighted by Crippen LogP contribution is -2.39. The zero-order chi connectivity index (χ0) is 13.2. The van der Waals surface area contributed by atoms with Gasteiger partial charge in [-0.05, 0) is 37.0 Å². The molecule has 1 aromatic carbocycles. The molecule has 4 heteroatoms. The Bertz CT molecular complexity index is 458. The third-order valence-electron chi connectivity index (χ3n) is 4.17. The minimum Gasteiger partial charge on any atom is -0.508 e. The Kier molecular flexibility index (Phi) is 3.42. The van der Waals surface area contributed by atoms with E-state index in [2.05, 4.69) is 5.32 Å². The standard InChI is InChI=1S/C15H20N2O2/c18-14-5-1-11(2-6-14)9-15(19)17-8-7-12-3-4-13(10-17)16-12/h1-2,5-6,12-13,16,18H,3-4,7-10H2. The van der Waals surface area contributed by atoms with Crippen molar-refractivity contribution in [2.24, 2.45) is 0 Å². The van der Waals surface area contributed by atoms with Crippen molar-refractivity contribution in [2.45, 2.75) is 37.8 Å². The van der Waals surface area contributed by atoms with Gasteiger partial charge in [0.15, 0.2) is 0 Å². The van der Waals surface area contributed by atoms with Crippen molar-refractivity contribution in [3.8, 4) is 5.75 Å². The number of carbonyl (C=O) groups excluding carboxylic acids is 1. The number of rotatable bonds is 2. The summed E-state index contributed by atoms with van der Waals surface area (Å²) in [6, 6.07) is 7.99. The Balaban J connectivity index is 1.62. The fourth-order valence-electron chi connectivity index (χ4n) is 3.07. The zero-order valence-corrected chi connectivity index (χ0v) is 11.0. The van der Waals surface area contributed by atoms with Crippen LogP contribution in [0.1, 0.15) is 24.8 Å². The number of phenolic OH excluding ortho intramolecular Hbond substituents is 1. The van der Waals surface area contributed by atoms with Gasteiger partial charge >= 0.3 is 0 Å². The summed E-state index contributed by atoms with van der Waals surface area (Å²) in [7, 11) is 0. The van der Waals surface area contributed by atoms with E-state index in [1.165, 1.54) is 12.8 Å². The first kappa shape index (κ1) is 12.5. The van der Waals surface area contributed by atoms with Crippen LogP contribution in [0.5, 0.6) is 5.75 Å². The molecule has 1 amide bonds. The van der Waals surface area contributed by atoms with Gasteiger partial charge in [0.2, 0.25) is 5.91 Å². The molecule has 2 atom stereocenters. The molecule has 2 heterocycles. The van der Waals surface area contributed by atoms with E-state index >= 15 is 0 Å². The van der Waals surface area contributed by atoms with Gasteiger partial charge in [-0.25, -0.2) is 0 Å². The summed E-state index contributed by atoms with van der Waals surface area (Å²) in [5, 5.41) is 12.8. The predicted molar refractivity (Wildman–Crippen MR) is 73.0 cm³/mol. The second kappa shape index (κ2) is 5.21. The van der Waals surface area contributed by atoms with E-state index < -0.39 is 0 Å². The summed E-state index contributed by atoms with van der Waals surface area (Å²) in [5.41, 5.74) is 0.963. The maximum Gasteiger partial charge on any atom is 0.227 e. The number of nitrogens with zero attached hydrogens (tertiary/aromatic N) is 1. The van der Waals surface area contributed by atoms with Crippen LogP contribution < -0.4 is 5.32 Å². The molecule has 102 valence electrons. The third-order valence-corrected chi connectivity index (χ3v) is 4.17. The summed E-state index contributed by atoms with van der Waals surface area (Å²) >= 11 is 0. The molecule has 0 saturated carbocycles. The van der Waals surface area contributed by atoms with E-state index in [0.717, 1.165) is 25.1 Å². The average Bonchev–Trinajstić information content (AvgIpc) is 2.71. The molecular weight excluding hydrogens is 240 g/mol. The smallest absolute Gasteiger partial charge is 0.227 e. The minimum absolute atomic E-state index is 0.194. The predicted octanol–water partition coefficient (Wildman–Crippen LogP) is 1.29. The van der Waals surface area contributed by atoms with Crippen LogP contribution in [0.4, 0.5) is 0 Å². The normalized spacial score (nSPS) is 26.2. The van der Waals surface area contributed by atoms with Crippen molar-refractivity contribution in [2.75, 3.05) is 13.1 Å². The van der Waals surface area contributed by atoms with E-state index in [-0.39, 0.29) is 11.7 Å². The first-order chi connectivity index (χ1) is 9.20. The maximum absolute atomic E-state index is 12.3. The number of phenols is 1. The van der Waals surface area contributed by atoms with Crippen molar-refractivity contribution < 1.29 is 9.90 Å². The van der Waals surface area contributed by atoms with Gasteiger partial charge in [-0.3, -0.25) is 4.79 Å². The summed E-state index contributed by atoms with van der Waals surface area (Å²) in [5.74, 6) is 0.438. The molecule has 4 nitrogen and oxygen atoms in total. The summed E-state index contributed by atoms with van der Waals surface area (Å²) < 4.78 is 0. The fraction of sp³-hybridized carbons (Fsp3) is 0.533. The van der Waals surface area contributed by atoms with Crippen molar-refractivity contribution >= 4 is 5.91 Å². The van der Waals surface area contributed by atoms with E-state index in [9.17, 15) is 9.90 Å². The summed E-state index contributed by atoms with van der Waals surface area (Å²) in [6.45, 7) is 1.71. The van der Waals surface area contributed by atoms with E-state index in [4.69, 9.17) is 0 Å². The van der Waals surface area contributed by atoms with E-state index in [1.54, 1.807) is 12.1 Å². The number of nitrogens with one attached hydrogen (secondary N) is 1. The molecular formula is C15H20N2O2. The minimum atomic E-state index is 0.194. The van der Waals surface area contributed by atoms with Crippen LogP contribution in [-0.2, 0) is 11.2 Å². The monoisotopic (exact) mass is 260 g/mol. The Hall–Kier alpha value is -1.55. The highest BCUT2D eigenvalue weighted by atomic mass is 16.3. The van der Waals surface area contributed by atoms with Gasteiger partial charge in [-0.1, -0.05) is 12.1 Å². The number of aromatic hydroxyl groups is 1. The molecule has 2 saturated heterocycles. The lowest BCUT2D eigenvalue weighted by Gasteiger charge is -2.24. The van der Waals surface area contributed by atoms with Crippen LogP contribution in [0, 0.1) is 0 Å². The van der Waals surface area contributed by atoms with Gasteiger partial charge in [0, 0.05) is 25.2 Å². The number of benzene rings is 1. The molecule has 0 aromatic heterocycles. The molecule has 1 aromatic rings. The van der Waals surface area contributed by atoms with Crippen molar-refractivity contribution in [1.29, 1.82) is 0 Å². The van der Waals surface area contributed by atoms with Gasteiger partial charge in [-0.15, -0.1) is 0 Å². The molecule has 2 aliphatic rings. The van der Waals surface area contributed by atoms with Gasteiger partial charge < -0.3 is 15.3 Å². The van der Waals surface area contributed by atoms with Crippen molar-refractivity contribution in [3.63, 3.8) is 0 Å². The molecule has 0 spiro atoms. The van der Waals surface area contributed by atoms with Crippen molar-refractivity contribution in [1.82, 2.24) is 10.2 Å². The second-order valence-electron chi connectivity index (χ2n) is 5.61. The lowest BCUT2D eigenvalue weighted by atomic mass is 10.1. The van der Waals surface area contributed by atoms with Gasteiger partial charge in [0.05, 0.1) is 6.42 Å². The zero-order valence-electron chi connectivity index (χ0n) is 11.0. The Morgan fingerprint density at radius 1 is 1.21 bits per heavy atom. The SMILES string of the molecule is O=C(Cc1ccc(O)cc1)N1CCC2CCC(C1)N2. The quantitative estimate of drug-likeness (QED) is 0.842. The van der Waals surface area contributed by atoms with Crippen LogP contribution in [0.2, 0.25) is 0 Å². The van der Waals surface area contributed by atoms with Crippen LogP contribution in [0.3, 0.4) is 0 Å². The van der Waals surface area contributed by atoms with Gasteiger partial charge in [0.25, 0.3) is 0 Å². The number of hydrogen-bond acceptors (Lipinski definition) is 3. The molecule has 19 heavy (non-hydrogen) atoms. The molecule has 2 bridgehead atoms. The first-order valence-corrected chi connectivity index (χ1v) is 7.02. The number of likely N-dealkylation sites (tertiary alicyclic amines) is 1. The maximum atomic E-state index is 12.3. The Morgan fingerprint density at radius 3 is 2.74 bits per heavy atom. The first-order valence-electron chi connectivity index (χ1n) is 7.02. The Morgan fingerprint density at radius 2 is 1.95 bits per heavy atom. The molecule has 2 unspecified atom stereocenters. The fourth-order valence-corrected chi connectivity index (χ4v) is 3.07. The number of hydrogen-bond donors (Lipinski definition) is 2. The molecule has 0 radical (unpaired) electrons. The molecule has 2 aliphatic heterocycles. The molecule has 3 rings (SSSR count). The average molecular weight is 260 g/mol. The van der Waals surface area contributed by atoms with Crippen LogP contribution in [-0.4, -0.2) is 41.1 Å². The lowest BCUT2D eigenvalue weighted by molar-refractivity contribution is -0.130. The third kappa shape index (κ3) is 2.89. The van der Waals surface area contributed by atoms with Crippen LogP contribution in [0.25, 0.3) is 0 Å². The highest BCUT2D eigenvalue weighted by molar-refractivity contribution is 5.79. The van der Waals surface area contributed by atoms with Gasteiger partial charge in [0.1, 0.15) is 5.75 Å². The van der Waals surface area contributed by atoms with E-state index in [1.807, 2.05) is 17.0 Å². The highest BCUT2D eigenvalue weighted by Crippen LogP contribution is 2.21. The number of carbonyl (C=O) groups is 1. The van der Waals surface area contributed by atoms with Gasteiger partial charge in [-0.2, -0.15) is 0 Å². The highest BCUT2D eigenvalue weighted by Gasteiger charge is 2.30. The largest absolute Gasteiger partial charge is 0.508 e. The number of amides is 1. The number of fused-ring (bicyclic) bond motifs is 2. The molecule has 0 aliphatic carbocycles. The van der Waals surface area contributed by atoms with Crippen molar-refractivity contribution in [3.05, 3.63) is 29.8 Å². The second-order valence-corrected chi connectivity index (χ2v) is 5.61. The summed E-state index contributed by atoms with van der Waals surface area (Å²) in [4.78, 5) is 14.3. The van der Waals surface area contributed by atoms with Crippen LogP contribution >= 0.6 is 0 Å².